The largest absolute Gasteiger partial charge is 0.494 e. The quantitative estimate of drug-likeness (QED) is 0.898. The molecule has 2 rings (SSSR count). The molecule has 0 aliphatic heterocycles. The number of carbonyl (C=O) groups is 1. The highest BCUT2D eigenvalue weighted by atomic mass is 16.5. The lowest BCUT2D eigenvalue weighted by Gasteiger charge is -2.15. The van der Waals surface area contributed by atoms with Crippen LogP contribution in [0.4, 0.5) is 0 Å². The SMILES string of the molecule is CCOc1ccc(C(C)NC(=O)c2ccc(C)c(C)c2)cc1. The first-order valence-corrected chi connectivity index (χ1v) is 7.62. The monoisotopic (exact) mass is 297 g/mol. The fraction of sp³-hybridized carbons (Fsp3) is 0.316. The summed E-state index contributed by atoms with van der Waals surface area (Å²) in [5.74, 6) is 0.795. The van der Waals surface area contributed by atoms with Gasteiger partial charge >= 0.3 is 0 Å². The van der Waals surface area contributed by atoms with Crippen molar-refractivity contribution in [2.45, 2.75) is 33.7 Å². The van der Waals surface area contributed by atoms with E-state index in [4.69, 9.17) is 4.74 Å². The molecule has 2 aromatic carbocycles. The lowest BCUT2D eigenvalue weighted by atomic mass is 10.0. The number of carbonyl (C=O) groups excluding carboxylic acids is 1. The summed E-state index contributed by atoms with van der Waals surface area (Å²) >= 11 is 0. The molecule has 1 N–H and O–H groups in total. The maximum atomic E-state index is 12.3. The molecular formula is C19H23NO2. The van der Waals surface area contributed by atoms with E-state index in [2.05, 4.69) is 5.32 Å². The molecule has 0 bridgehead atoms. The standard InChI is InChI=1S/C19H23NO2/c1-5-22-18-10-8-16(9-11-18)15(4)20-19(21)17-7-6-13(2)14(3)12-17/h6-12,15H,5H2,1-4H3,(H,20,21). The smallest absolute Gasteiger partial charge is 0.251 e. The first-order valence-electron chi connectivity index (χ1n) is 7.62. The molecule has 22 heavy (non-hydrogen) atoms. The van der Waals surface area contributed by atoms with Crippen LogP contribution in [0, 0.1) is 13.8 Å². The Labute approximate surface area is 132 Å². The normalized spacial score (nSPS) is 11.8. The molecule has 0 saturated carbocycles. The van der Waals surface area contributed by atoms with E-state index in [0.29, 0.717) is 12.2 Å². The lowest BCUT2D eigenvalue weighted by Crippen LogP contribution is -2.26. The van der Waals surface area contributed by atoms with Crippen molar-refractivity contribution in [3.8, 4) is 5.75 Å². The van der Waals surface area contributed by atoms with Gasteiger partial charge in [0.1, 0.15) is 5.75 Å². The highest BCUT2D eigenvalue weighted by molar-refractivity contribution is 5.94. The van der Waals surface area contributed by atoms with Crippen LogP contribution in [-0.2, 0) is 0 Å². The second-order valence-electron chi connectivity index (χ2n) is 5.50. The molecule has 2 aromatic rings. The molecule has 0 aromatic heterocycles. The molecule has 3 heteroatoms. The van der Waals surface area contributed by atoms with Crippen molar-refractivity contribution in [2.24, 2.45) is 0 Å². The van der Waals surface area contributed by atoms with Crippen molar-refractivity contribution in [3.05, 3.63) is 64.7 Å². The number of ether oxygens (including phenoxy) is 1. The summed E-state index contributed by atoms with van der Waals surface area (Å²) in [5, 5.41) is 3.03. The number of hydrogen-bond acceptors (Lipinski definition) is 2. The van der Waals surface area contributed by atoms with Gasteiger partial charge in [0.2, 0.25) is 0 Å². The first kappa shape index (κ1) is 16.1. The van der Waals surface area contributed by atoms with Crippen LogP contribution in [0.25, 0.3) is 0 Å². The Morgan fingerprint density at radius 1 is 1.09 bits per heavy atom. The molecule has 1 atom stereocenters. The zero-order valence-electron chi connectivity index (χ0n) is 13.6. The van der Waals surface area contributed by atoms with E-state index in [1.807, 2.05) is 70.2 Å². The third-order valence-electron chi connectivity index (χ3n) is 3.81. The molecule has 0 fully saturated rings. The average molecular weight is 297 g/mol. The zero-order chi connectivity index (χ0) is 16.1. The van der Waals surface area contributed by atoms with E-state index < -0.39 is 0 Å². The summed E-state index contributed by atoms with van der Waals surface area (Å²) in [6.45, 7) is 8.65. The molecule has 0 aliphatic carbocycles. The highest BCUT2D eigenvalue weighted by Crippen LogP contribution is 2.18. The van der Waals surface area contributed by atoms with E-state index in [-0.39, 0.29) is 11.9 Å². The van der Waals surface area contributed by atoms with Gasteiger partial charge in [-0.3, -0.25) is 4.79 Å². The molecule has 0 spiro atoms. The van der Waals surface area contributed by atoms with E-state index in [9.17, 15) is 4.79 Å². The van der Waals surface area contributed by atoms with Gasteiger partial charge in [-0.05, 0) is 68.7 Å². The molecule has 0 aliphatic rings. The van der Waals surface area contributed by atoms with Crippen molar-refractivity contribution in [1.29, 1.82) is 0 Å². The molecule has 0 saturated heterocycles. The fourth-order valence-electron chi connectivity index (χ4n) is 2.27. The van der Waals surface area contributed by atoms with Crippen molar-refractivity contribution in [2.75, 3.05) is 6.61 Å². The Kier molecular flexibility index (Phi) is 5.21. The summed E-state index contributed by atoms with van der Waals surface area (Å²) < 4.78 is 5.43. The van der Waals surface area contributed by atoms with Crippen LogP contribution >= 0.6 is 0 Å². The van der Waals surface area contributed by atoms with Crippen LogP contribution in [0.1, 0.15) is 46.9 Å². The molecule has 1 amide bonds. The number of hydrogen-bond donors (Lipinski definition) is 1. The Bertz CT molecular complexity index is 647. The Morgan fingerprint density at radius 3 is 2.36 bits per heavy atom. The van der Waals surface area contributed by atoms with E-state index in [0.717, 1.165) is 16.9 Å². The third-order valence-corrected chi connectivity index (χ3v) is 3.81. The second-order valence-corrected chi connectivity index (χ2v) is 5.50. The van der Waals surface area contributed by atoms with Gasteiger partial charge in [0.25, 0.3) is 5.91 Å². The van der Waals surface area contributed by atoms with E-state index in [1.165, 1.54) is 5.56 Å². The predicted octanol–water partition coefficient (Wildman–Crippen LogP) is 4.19. The van der Waals surface area contributed by atoms with Gasteiger partial charge in [0, 0.05) is 5.56 Å². The van der Waals surface area contributed by atoms with Crippen molar-refractivity contribution in [1.82, 2.24) is 5.32 Å². The molecule has 116 valence electrons. The van der Waals surface area contributed by atoms with Gasteiger partial charge < -0.3 is 10.1 Å². The summed E-state index contributed by atoms with van der Waals surface area (Å²) in [4.78, 5) is 12.3. The molecule has 0 radical (unpaired) electrons. The fourth-order valence-corrected chi connectivity index (χ4v) is 2.27. The molecule has 0 heterocycles. The summed E-state index contributed by atoms with van der Waals surface area (Å²) in [5.41, 5.74) is 4.07. The number of aryl methyl sites for hydroxylation is 2. The van der Waals surface area contributed by atoms with Crippen LogP contribution in [0.5, 0.6) is 5.75 Å². The number of amides is 1. The van der Waals surface area contributed by atoms with Crippen LogP contribution in [0.15, 0.2) is 42.5 Å². The van der Waals surface area contributed by atoms with Crippen molar-refractivity contribution < 1.29 is 9.53 Å². The van der Waals surface area contributed by atoms with E-state index in [1.54, 1.807) is 0 Å². The van der Waals surface area contributed by atoms with Crippen LogP contribution in [0.3, 0.4) is 0 Å². The van der Waals surface area contributed by atoms with Crippen LogP contribution in [0.2, 0.25) is 0 Å². The van der Waals surface area contributed by atoms with Gasteiger partial charge in [0.05, 0.1) is 12.6 Å². The van der Waals surface area contributed by atoms with E-state index >= 15 is 0 Å². The van der Waals surface area contributed by atoms with Gasteiger partial charge in [-0.25, -0.2) is 0 Å². The van der Waals surface area contributed by atoms with Crippen LogP contribution < -0.4 is 10.1 Å². The third kappa shape index (κ3) is 3.88. The summed E-state index contributed by atoms with van der Waals surface area (Å²) in [6, 6.07) is 13.5. The minimum atomic E-state index is -0.0514. The minimum Gasteiger partial charge on any atom is -0.494 e. The zero-order valence-corrected chi connectivity index (χ0v) is 13.6. The minimum absolute atomic E-state index is 0.0511. The second kappa shape index (κ2) is 7.12. The number of rotatable bonds is 5. The number of benzene rings is 2. The maximum Gasteiger partial charge on any atom is 0.251 e. The van der Waals surface area contributed by atoms with Crippen molar-refractivity contribution in [3.63, 3.8) is 0 Å². The van der Waals surface area contributed by atoms with Gasteiger partial charge in [0.15, 0.2) is 0 Å². The first-order chi connectivity index (χ1) is 10.5. The maximum absolute atomic E-state index is 12.3. The van der Waals surface area contributed by atoms with Gasteiger partial charge in [-0.15, -0.1) is 0 Å². The Morgan fingerprint density at radius 2 is 1.77 bits per heavy atom. The molecular weight excluding hydrogens is 274 g/mol. The Balaban J connectivity index is 2.05. The lowest BCUT2D eigenvalue weighted by molar-refractivity contribution is 0.0940. The molecule has 1 unspecified atom stereocenters. The average Bonchev–Trinajstić information content (AvgIpc) is 2.51. The molecule has 3 nitrogen and oxygen atoms in total. The van der Waals surface area contributed by atoms with Gasteiger partial charge in [-0.1, -0.05) is 18.2 Å². The Hall–Kier alpha value is -2.29. The topological polar surface area (TPSA) is 38.3 Å². The summed E-state index contributed by atoms with van der Waals surface area (Å²) in [6.07, 6.45) is 0. The summed E-state index contributed by atoms with van der Waals surface area (Å²) in [7, 11) is 0. The number of nitrogens with one attached hydrogen (secondary N) is 1. The van der Waals surface area contributed by atoms with Gasteiger partial charge in [-0.2, -0.15) is 0 Å². The predicted molar refractivity (Wildman–Crippen MR) is 89.4 cm³/mol. The van der Waals surface area contributed by atoms with Crippen LogP contribution in [-0.4, -0.2) is 12.5 Å². The highest BCUT2D eigenvalue weighted by Gasteiger charge is 2.12. The van der Waals surface area contributed by atoms with Crippen molar-refractivity contribution >= 4 is 5.91 Å².